The van der Waals surface area contributed by atoms with E-state index in [0.29, 0.717) is 24.7 Å². The summed E-state index contributed by atoms with van der Waals surface area (Å²) >= 11 is 0. The number of nitrogens with one attached hydrogen (secondary N) is 1. The molecule has 1 aromatic carbocycles. The number of carboxylic acids is 1. The van der Waals surface area contributed by atoms with Crippen LogP contribution >= 0.6 is 0 Å². The molecule has 1 heterocycles. The highest BCUT2D eigenvalue weighted by Crippen LogP contribution is 2.28. The van der Waals surface area contributed by atoms with Gasteiger partial charge >= 0.3 is 5.97 Å². The highest BCUT2D eigenvalue weighted by Gasteiger charge is 2.14. The van der Waals surface area contributed by atoms with E-state index < -0.39 is 11.9 Å². The minimum Gasteiger partial charge on any atom is -0.493 e. The number of ether oxygens (including phenoxy) is 2. The molecule has 1 amide bonds. The Balaban J connectivity index is 1.83. The number of aryl methyl sites for hydroxylation is 1. The summed E-state index contributed by atoms with van der Waals surface area (Å²) in [5.41, 5.74) is 1.07. The fourth-order valence-electron chi connectivity index (χ4n) is 2.30. The second kappa shape index (κ2) is 8.77. The first kappa shape index (κ1) is 18.4. The lowest BCUT2D eigenvalue weighted by Crippen LogP contribution is -2.24. The zero-order valence-electron chi connectivity index (χ0n) is 14.2. The fourth-order valence-corrected chi connectivity index (χ4v) is 2.30. The summed E-state index contributed by atoms with van der Waals surface area (Å²) in [5, 5.41) is 11.5. The zero-order chi connectivity index (χ0) is 18.2. The molecule has 0 fully saturated rings. The average molecular weight is 347 g/mol. The van der Waals surface area contributed by atoms with Crippen LogP contribution in [0.2, 0.25) is 0 Å². The smallest absolute Gasteiger partial charge is 0.371 e. The van der Waals surface area contributed by atoms with Crippen molar-refractivity contribution >= 4 is 11.9 Å². The first-order chi connectivity index (χ1) is 12.0. The van der Waals surface area contributed by atoms with Crippen molar-refractivity contribution in [2.45, 2.75) is 19.8 Å². The molecule has 2 aromatic rings. The van der Waals surface area contributed by atoms with Crippen LogP contribution in [0.15, 0.2) is 34.7 Å². The van der Waals surface area contributed by atoms with E-state index in [0.717, 1.165) is 18.4 Å². The molecule has 0 spiro atoms. The Hall–Kier alpha value is -2.96. The maximum absolute atomic E-state index is 11.9. The minimum absolute atomic E-state index is 0.0134. The van der Waals surface area contributed by atoms with Gasteiger partial charge < -0.3 is 24.3 Å². The van der Waals surface area contributed by atoms with Gasteiger partial charge in [-0.05, 0) is 49.6 Å². The van der Waals surface area contributed by atoms with Crippen LogP contribution < -0.4 is 14.8 Å². The van der Waals surface area contributed by atoms with Gasteiger partial charge in [0, 0.05) is 6.54 Å². The van der Waals surface area contributed by atoms with Crippen molar-refractivity contribution in [2.24, 2.45) is 0 Å². The Morgan fingerprint density at radius 2 is 1.92 bits per heavy atom. The molecule has 0 aliphatic heterocycles. The van der Waals surface area contributed by atoms with Crippen LogP contribution in [-0.4, -0.2) is 37.2 Å². The number of carboxylic acid groups (broad SMARTS) is 1. The monoisotopic (exact) mass is 347 g/mol. The lowest BCUT2D eigenvalue weighted by molar-refractivity contribution is 0.0659. The average Bonchev–Trinajstić information content (AvgIpc) is 3.09. The third-order valence-electron chi connectivity index (χ3n) is 3.50. The summed E-state index contributed by atoms with van der Waals surface area (Å²) in [4.78, 5) is 22.6. The number of carbonyl (C=O) groups is 2. The molecule has 7 nitrogen and oxygen atoms in total. The quantitative estimate of drug-likeness (QED) is 0.677. The molecule has 0 unspecified atom stereocenters. The van der Waals surface area contributed by atoms with E-state index in [4.69, 9.17) is 19.0 Å². The second-order valence-electron chi connectivity index (χ2n) is 5.25. The van der Waals surface area contributed by atoms with Crippen molar-refractivity contribution in [1.82, 2.24) is 5.32 Å². The Kier molecular flexibility index (Phi) is 6.45. The van der Waals surface area contributed by atoms with E-state index in [-0.39, 0.29) is 11.5 Å². The van der Waals surface area contributed by atoms with Gasteiger partial charge in [0.15, 0.2) is 17.3 Å². The molecule has 0 saturated heterocycles. The van der Waals surface area contributed by atoms with Crippen molar-refractivity contribution in [3.63, 3.8) is 0 Å². The van der Waals surface area contributed by atoms with Gasteiger partial charge in [0.2, 0.25) is 5.76 Å². The van der Waals surface area contributed by atoms with Crippen LogP contribution in [0.3, 0.4) is 0 Å². The van der Waals surface area contributed by atoms with E-state index in [9.17, 15) is 9.59 Å². The first-order valence-electron chi connectivity index (χ1n) is 7.96. The van der Waals surface area contributed by atoms with Crippen molar-refractivity contribution in [3.05, 3.63) is 47.4 Å². The second-order valence-corrected chi connectivity index (χ2v) is 5.25. The molecule has 2 N–H and O–H groups in total. The lowest BCUT2D eigenvalue weighted by Gasteiger charge is -2.11. The minimum atomic E-state index is -1.20. The maximum atomic E-state index is 11.9. The number of rotatable bonds is 9. The third kappa shape index (κ3) is 5.00. The van der Waals surface area contributed by atoms with E-state index >= 15 is 0 Å². The Morgan fingerprint density at radius 1 is 1.16 bits per heavy atom. The van der Waals surface area contributed by atoms with Crippen molar-refractivity contribution in [3.8, 4) is 11.5 Å². The first-order valence-corrected chi connectivity index (χ1v) is 7.96. The molecular weight excluding hydrogens is 326 g/mol. The number of benzene rings is 1. The highest BCUT2D eigenvalue weighted by molar-refractivity contribution is 5.93. The number of furan rings is 1. The molecule has 0 aliphatic rings. The molecular formula is C18H21NO6. The van der Waals surface area contributed by atoms with Gasteiger partial charge in [0.1, 0.15) is 0 Å². The Bertz CT molecular complexity index is 737. The van der Waals surface area contributed by atoms with Gasteiger partial charge in [-0.25, -0.2) is 4.79 Å². The molecule has 1 aromatic heterocycles. The predicted molar refractivity (Wildman–Crippen MR) is 90.5 cm³/mol. The number of amides is 1. The molecule has 0 bridgehead atoms. The van der Waals surface area contributed by atoms with Gasteiger partial charge in [-0.1, -0.05) is 6.07 Å². The molecule has 25 heavy (non-hydrogen) atoms. The summed E-state index contributed by atoms with van der Waals surface area (Å²) in [6.45, 7) is 2.90. The molecule has 7 heteroatoms. The number of aromatic carboxylic acids is 1. The van der Waals surface area contributed by atoms with Crippen LogP contribution in [0, 0.1) is 0 Å². The van der Waals surface area contributed by atoms with Gasteiger partial charge in [-0.2, -0.15) is 0 Å². The Labute approximate surface area is 145 Å². The SMILES string of the molecule is CCOc1cc(CCCNC(=O)c2ccc(C(=O)O)o2)ccc1OC. The number of carbonyl (C=O) groups excluding carboxylic acids is 1. The molecule has 0 radical (unpaired) electrons. The number of hydrogen-bond donors (Lipinski definition) is 2. The van der Waals surface area contributed by atoms with Gasteiger partial charge in [-0.15, -0.1) is 0 Å². The van der Waals surface area contributed by atoms with Crippen molar-refractivity contribution < 1.29 is 28.6 Å². The molecule has 0 atom stereocenters. The van der Waals surface area contributed by atoms with Crippen molar-refractivity contribution in [2.75, 3.05) is 20.3 Å². The molecule has 0 aliphatic carbocycles. The summed E-state index contributed by atoms with van der Waals surface area (Å²) < 4.78 is 15.7. The fraction of sp³-hybridized carbons (Fsp3) is 0.333. The van der Waals surface area contributed by atoms with Crippen LogP contribution in [0.25, 0.3) is 0 Å². The summed E-state index contributed by atoms with van der Waals surface area (Å²) in [6.07, 6.45) is 1.47. The standard InChI is InChI=1S/C18H21NO6/c1-3-24-16-11-12(6-7-13(16)23-2)5-4-10-19-17(20)14-8-9-15(25-14)18(21)22/h6-9,11H,3-5,10H2,1-2H3,(H,19,20)(H,21,22). The normalized spacial score (nSPS) is 10.3. The van der Waals surface area contributed by atoms with Crippen LogP contribution in [0.1, 0.15) is 40.0 Å². The maximum Gasteiger partial charge on any atom is 0.371 e. The van der Waals surface area contributed by atoms with Gasteiger partial charge in [-0.3, -0.25) is 4.79 Å². The van der Waals surface area contributed by atoms with Crippen LogP contribution in [0.5, 0.6) is 11.5 Å². The van der Waals surface area contributed by atoms with Gasteiger partial charge in [0.05, 0.1) is 13.7 Å². The summed E-state index contributed by atoms with van der Waals surface area (Å²) in [7, 11) is 1.59. The zero-order valence-corrected chi connectivity index (χ0v) is 14.2. The molecule has 134 valence electrons. The van der Waals surface area contributed by atoms with Crippen molar-refractivity contribution in [1.29, 1.82) is 0 Å². The number of methoxy groups -OCH3 is 1. The van der Waals surface area contributed by atoms with E-state index in [2.05, 4.69) is 5.32 Å². The third-order valence-corrected chi connectivity index (χ3v) is 3.50. The van der Waals surface area contributed by atoms with E-state index in [1.54, 1.807) is 7.11 Å². The summed E-state index contributed by atoms with van der Waals surface area (Å²) in [6, 6.07) is 8.33. The number of hydrogen-bond acceptors (Lipinski definition) is 5. The summed E-state index contributed by atoms with van der Waals surface area (Å²) in [5.74, 6) is -0.525. The predicted octanol–water partition coefficient (Wildman–Crippen LogP) is 2.75. The van der Waals surface area contributed by atoms with E-state index in [1.807, 2.05) is 25.1 Å². The molecule has 2 rings (SSSR count). The lowest BCUT2D eigenvalue weighted by atomic mass is 10.1. The van der Waals surface area contributed by atoms with Gasteiger partial charge in [0.25, 0.3) is 5.91 Å². The Morgan fingerprint density at radius 3 is 2.56 bits per heavy atom. The van der Waals surface area contributed by atoms with Crippen LogP contribution in [0.4, 0.5) is 0 Å². The van der Waals surface area contributed by atoms with E-state index in [1.165, 1.54) is 12.1 Å². The largest absolute Gasteiger partial charge is 0.493 e. The highest BCUT2D eigenvalue weighted by atomic mass is 16.5. The molecule has 0 saturated carbocycles. The van der Waals surface area contributed by atoms with Crippen LogP contribution in [-0.2, 0) is 6.42 Å². The topological polar surface area (TPSA) is 98.0 Å².